The van der Waals surface area contributed by atoms with Crippen molar-refractivity contribution >= 4 is 16.1 Å². The van der Waals surface area contributed by atoms with Gasteiger partial charge in [0, 0.05) is 16.1 Å². The lowest BCUT2D eigenvalue weighted by atomic mass is 10.5. The number of rotatable bonds is 6. The fraction of sp³-hybridized carbons (Fsp3) is 1.00. The summed E-state index contributed by atoms with van der Waals surface area (Å²) in [7, 11) is -1.48. The van der Waals surface area contributed by atoms with Gasteiger partial charge in [-0.2, -0.15) is 0 Å². The van der Waals surface area contributed by atoms with Crippen LogP contribution in [0.25, 0.3) is 0 Å². The van der Waals surface area contributed by atoms with Gasteiger partial charge in [0.1, 0.15) is 0 Å². The van der Waals surface area contributed by atoms with Gasteiger partial charge in [0.15, 0.2) is 0 Å². The molecule has 0 aliphatic carbocycles. The zero-order valence-electron chi connectivity index (χ0n) is 12.9. The van der Waals surface area contributed by atoms with Gasteiger partial charge in [-0.1, -0.05) is 51.4 Å². The number of quaternary nitrogens is 1. The largest absolute Gasteiger partial charge is 1.00 e. The smallest absolute Gasteiger partial charge is 0.0737 e. The molecule has 2 nitrogen and oxygen atoms in total. The molecule has 17 heavy (non-hydrogen) atoms. The molecule has 0 saturated heterocycles. The Balaban J connectivity index is -0.000000218. The molecule has 0 aromatic carbocycles. The minimum atomic E-state index is -0.758. The van der Waals surface area contributed by atoms with Crippen LogP contribution >= 0.6 is 0 Å². The summed E-state index contributed by atoms with van der Waals surface area (Å²) in [5.41, 5.74) is 9.17. The van der Waals surface area contributed by atoms with Gasteiger partial charge in [0.05, 0.1) is 6.54 Å². The average molecular weight is 299 g/mol. The normalized spacial score (nSPS) is 11.3. The Hall–Kier alpha value is 0.644. The van der Waals surface area contributed by atoms with Crippen molar-refractivity contribution < 1.29 is 18.1 Å². The topological polar surface area (TPSA) is 53.7 Å². The van der Waals surface area contributed by atoms with Crippen molar-refractivity contribution in [2.24, 2.45) is 5.73 Å². The lowest BCUT2D eigenvalue weighted by Gasteiger charge is -2.13. The quantitative estimate of drug-likeness (QED) is 0.646. The molecule has 0 heterocycles. The first-order chi connectivity index (χ1) is 7.12. The molecule has 0 aliphatic heterocycles. The fourth-order valence-corrected chi connectivity index (χ4v) is 3.86. The average Bonchev–Trinajstić information content (AvgIpc) is 2.10. The van der Waals surface area contributed by atoms with Crippen LogP contribution in [-0.2, 0) is 0 Å². The lowest BCUT2D eigenvalue weighted by Crippen LogP contribution is -3.00. The summed E-state index contributed by atoms with van der Waals surface area (Å²) in [6, 6.07) is 2.82. The third-order valence-corrected chi connectivity index (χ3v) is 6.01. The highest BCUT2D eigenvalue weighted by Crippen LogP contribution is 2.09. The molecule has 0 aliphatic rings. The highest BCUT2D eigenvalue weighted by atomic mass is 35.5. The van der Waals surface area contributed by atoms with Crippen LogP contribution in [0.4, 0.5) is 0 Å². The van der Waals surface area contributed by atoms with E-state index in [1.807, 2.05) is 0 Å². The minimum absolute atomic E-state index is 0. The second kappa shape index (κ2) is 11.7. The molecular weight excluding hydrogens is 264 g/mol. The Bertz CT molecular complexity index is 136. The maximum Gasteiger partial charge on any atom is 0.0737 e. The first-order valence-electron chi connectivity index (χ1n) is 6.62. The maximum atomic E-state index is 5.36. The van der Waals surface area contributed by atoms with Crippen molar-refractivity contribution in [3.8, 4) is 0 Å². The molecular formula is C12H35ClN2Si2. The van der Waals surface area contributed by atoms with Gasteiger partial charge in [-0.15, -0.1) is 0 Å². The van der Waals surface area contributed by atoms with Gasteiger partial charge in [0.2, 0.25) is 0 Å². The van der Waals surface area contributed by atoms with Crippen LogP contribution in [0.5, 0.6) is 0 Å². The maximum absolute atomic E-state index is 5.36. The van der Waals surface area contributed by atoms with E-state index in [0.29, 0.717) is 0 Å². The first kappa shape index (κ1) is 22.8. The van der Waals surface area contributed by atoms with Gasteiger partial charge < -0.3 is 23.9 Å². The van der Waals surface area contributed by atoms with E-state index in [1.165, 1.54) is 24.9 Å². The number of halogens is 1. The zero-order chi connectivity index (χ0) is 13.2. The van der Waals surface area contributed by atoms with Crippen molar-refractivity contribution in [3.63, 3.8) is 0 Å². The molecule has 0 amide bonds. The number of hydrogen-bond acceptors (Lipinski definition) is 1. The van der Waals surface area contributed by atoms with Crippen LogP contribution in [0.3, 0.4) is 0 Å². The van der Waals surface area contributed by atoms with E-state index in [0.717, 1.165) is 13.1 Å². The highest BCUT2D eigenvalue weighted by Gasteiger charge is 2.11. The van der Waals surface area contributed by atoms with E-state index in [1.54, 1.807) is 0 Å². The Kier molecular flexibility index (Phi) is 15.7. The third-order valence-electron chi connectivity index (χ3n) is 2.31. The van der Waals surface area contributed by atoms with Crippen molar-refractivity contribution in [3.05, 3.63) is 0 Å². The van der Waals surface area contributed by atoms with Crippen LogP contribution in [0.1, 0.15) is 12.8 Å². The molecule has 0 unspecified atom stereocenters. The molecule has 0 rings (SSSR count). The van der Waals surface area contributed by atoms with Crippen molar-refractivity contribution in [1.29, 1.82) is 0 Å². The van der Waals surface area contributed by atoms with Crippen LogP contribution in [-0.4, -0.2) is 29.2 Å². The third kappa shape index (κ3) is 31.5. The summed E-state index contributed by atoms with van der Waals surface area (Å²) < 4.78 is 0. The molecule has 0 bridgehead atoms. The molecule has 108 valence electrons. The van der Waals surface area contributed by atoms with E-state index < -0.39 is 16.1 Å². The molecule has 0 aromatic rings. The van der Waals surface area contributed by atoms with Crippen molar-refractivity contribution in [1.82, 2.24) is 0 Å². The SMILES string of the molecule is C[Si](C)(C)CCCN.C[Si](C)(C)CCC[NH3+].[Cl-]. The standard InChI is InChI=1S/2C6H17NSi.ClH/c2*1-8(2,3)6-4-5-7;/h2*4-7H2,1-3H3;1H. The second-order valence-corrected chi connectivity index (χ2v) is 18.2. The zero-order valence-corrected chi connectivity index (χ0v) is 15.7. The van der Waals surface area contributed by atoms with E-state index in [2.05, 4.69) is 45.0 Å². The fourth-order valence-electron chi connectivity index (χ4n) is 1.29. The molecule has 0 fully saturated rings. The van der Waals surface area contributed by atoms with Crippen molar-refractivity contribution in [2.45, 2.75) is 64.2 Å². The highest BCUT2D eigenvalue weighted by molar-refractivity contribution is 6.76. The second-order valence-electron chi connectivity index (χ2n) is 6.97. The first-order valence-corrected chi connectivity index (χ1v) is 14.0. The number of hydrogen-bond donors (Lipinski definition) is 2. The lowest BCUT2D eigenvalue weighted by molar-refractivity contribution is -0.367. The van der Waals surface area contributed by atoms with E-state index >= 15 is 0 Å². The molecule has 0 radical (unpaired) electrons. The van der Waals surface area contributed by atoms with Gasteiger partial charge in [0.25, 0.3) is 0 Å². The molecule has 0 saturated carbocycles. The van der Waals surface area contributed by atoms with Crippen LogP contribution < -0.4 is 23.9 Å². The Morgan fingerprint density at radius 1 is 0.824 bits per heavy atom. The summed E-state index contributed by atoms with van der Waals surface area (Å²) in [5.74, 6) is 0. The predicted octanol–water partition coefficient (Wildman–Crippen LogP) is -0.366. The molecule has 5 heteroatoms. The van der Waals surface area contributed by atoms with Crippen LogP contribution in [0.2, 0.25) is 51.4 Å². The summed E-state index contributed by atoms with van der Waals surface area (Å²) in [4.78, 5) is 0. The summed E-state index contributed by atoms with van der Waals surface area (Å²) in [6.45, 7) is 16.3. The van der Waals surface area contributed by atoms with Gasteiger partial charge in [-0.25, -0.2) is 0 Å². The van der Waals surface area contributed by atoms with E-state index in [9.17, 15) is 0 Å². The summed E-state index contributed by atoms with van der Waals surface area (Å²) in [5, 5.41) is 0. The van der Waals surface area contributed by atoms with Crippen LogP contribution in [0, 0.1) is 0 Å². The van der Waals surface area contributed by atoms with Gasteiger partial charge in [-0.05, 0) is 19.4 Å². The van der Waals surface area contributed by atoms with E-state index in [-0.39, 0.29) is 12.4 Å². The number of nitrogens with two attached hydrogens (primary N) is 1. The molecule has 0 aromatic heterocycles. The molecule has 5 N–H and O–H groups in total. The Labute approximate surface area is 117 Å². The Morgan fingerprint density at radius 3 is 1.29 bits per heavy atom. The molecule has 0 atom stereocenters. The summed E-state index contributed by atoms with van der Waals surface area (Å²) >= 11 is 0. The van der Waals surface area contributed by atoms with Gasteiger partial charge in [-0.3, -0.25) is 0 Å². The molecule has 0 spiro atoms. The van der Waals surface area contributed by atoms with Crippen molar-refractivity contribution in [2.75, 3.05) is 13.1 Å². The predicted molar refractivity (Wildman–Crippen MR) is 82.3 cm³/mol. The van der Waals surface area contributed by atoms with Crippen LogP contribution in [0.15, 0.2) is 0 Å². The minimum Gasteiger partial charge on any atom is -1.00 e. The van der Waals surface area contributed by atoms with E-state index in [4.69, 9.17) is 5.73 Å². The monoisotopic (exact) mass is 298 g/mol. The van der Waals surface area contributed by atoms with Gasteiger partial charge >= 0.3 is 0 Å². The summed E-state index contributed by atoms with van der Waals surface area (Å²) in [6.07, 6.45) is 2.55. The Morgan fingerprint density at radius 2 is 1.18 bits per heavy atom.